The fraction of sp³-hybridized carbons (Fsp3) is 0.226. The minimum atomic E-state index is -0.323. The molecule has 5 rings (SSSR count). The quantitative estimate of drug-likeness (QED) is 0.230. The molecule has 0 unspecified atom stereocenters. The van der Waals surface area contributed by atoms with Crippen molar-refractivity contribution in [1.82, 2.24) is 0 Å². The van der Waals surface area contributed by atoms with E-state index in [2.05, 4.69) is 59.9 Å². The standard InChI is InChI=1S/C31H30N2O3/c1-21(34)24-9-5-22(6-10-24)17-32-15-13-26-27-14-16-33(20-29(27)31(2,3)28(26)19-32)18-23-7-11-25(12-8-23)30(35)36-4/h5-16,19-20H,17-18H2,1-4H3/q+2. The van der Waals surface area contributed by atoms with E-state index in [1.54, 1.807) is 19.1 Å². The first-order valence-corrected chi connectivity index (χ1v) is 12.1. The van der Waals surface area contributed by atoms with Crippen LogP contribution in [0.4, 0.5) is 0 Å². The normalized spacial score (nSPS) is 13.1. The first kappa shape index (κ1) is 23.6. The Bertz CT molecular complexity index is 1470. The van der Waals surface area contributed by atoms with Crippen LogP contribution < -0.4 is 9.13 Å². The second kappa shape index (κ2) is 9.15. The van der Waals surface area contributed by atoms with E-state index in [9.17, 15) is 9.59 Å². The average Bonchev–Trinajstić information content (AvgIpc) is 3.10. The Morgan fingerprint density at radius 1 is 0.722 bits per heavy atom. The zero-order valence-corrected chi connectivity index (χ0v) is 21.1. The molecule has 0 bridgehead atoms. The van der Waals surface area contributed by atoms with E-state index in [0.29, 0.717) is 5.56 Å². The number of carbonyl (C=O) groups is 2. The van der Waals surface area contributed by atoms with Crippen molar-refractivity contribution in [2.24, 2.45) is 0 Å². The lowest BCUT2D eigenvalue weighted by Gasteiger charge is -2.18. The molecule has 0 aliphatic heterocycles. The maximum Gasteiger partial charge on any atom is 0.337 e. The molecule has 180 valence electrons. The number of ether oxygens (including phenoxy) is 1. The number of ketones is 1. The molecule has 1 aliphatic rings. The van der Waals surface area contributed by atoms with Gasteiger partial charge < -0.3 is 4.74 Å². The van der Waals surface area contributed by atoms with Crippen LogP contribution >= 0.6 is 0 Å². The predicted octanol–water partition coefficient (Wildman–Crippen LogP) is 4.65. The Labute approximate surface area is 211 Å². The maximum atomic E-state index is 11.7. The molecule has 0 atom stereocenters. The highest BCUT2D eigenvalue weighted by atomic mass is 16.5. The Balaban J connectivity index is 1.39. The van der Waals surface area contributed by atoms with Gasteiger partial charge in [-0.2, -0.15) is 0 Å². The van der Waals surface area contributed by atoms with Gasteiger partial charge in [0.2, 0.25) is 0 Å². The van der Waals surface area contributed by atoms with Gasteiger partial charge in [0.05, 0.1) is 12.7 Å². The van der Waals surface area contributed by atoms with Crippen molar-refractivity contribution in [3.05, 3.63) is 119 Å². The van der Waals surface area contributed by atoms with Crippen molar-refractivity contribution in [3.63, 3.8) is 0 Å². The Kier molecular flexibility index (Phi) is 6.00. The summed E-state index contributed by atoms with van der Waals surface area (Å²) in [6.45, 7) is 7.61. The lowest BCUT2D eigenvalue weighted by Crippen LogP contribution is -2.36. The SMILES string of the molecule is COC(=O)c1ccc(C[n+]2ccc3c(c2)C(C)(C)c2c[n+](Cc4ccc(C(C)=O)cc4)ccc2-3)cc1. The number of methoxy groups -OCH3 is 1. The number of nitrogens with zero attached hydrogens (tertiary/aromatic N) is 2. The molecule has 0 fully saturated rings. The molecule has 36 heavy (non-hydrogen) atoms. The van der Waals surface area contributed by atoms with E-state index < -0.39 is 0 Å². The van der Waals surface area contributed by atoms with Crippen LogP contribution in [0.25, 0.3) is 11.1 Å². The third kappa shape index (κ3) is 4.33. The van der Waals surface area contributed by atoms with Crippen LogP contribution in [0.1, 0.15) is 63.7 Å². The number of fused-ring (bicyclic) bond motifs is 3. The molecule has 1 aliphatic carbocycles. The number of pyridine rings is 2. The highest BCUT2D eigenvalue weighted by Gasteiger charge is 2.39. The highest BCUT2D eigenvalue weighted by Crippen LogP contribution is 2.47. The Morgan fingerprint density at radius 3 is 1.58 bits per heavy atom. The van der Waals surface area contributed by atoms with Gasteiger partial charge in [-0.3, -0.25) is 4.79 Å². The fourth-order valence-electron chi connectivity index (χ4n) is 5.02. The lowest BCUT2D eigenvalue weighted by atomic mass is 9.84. The van der Waals surface area contributed by atoms with Gasteiger partial charge in [-0.25, -0.2) is 13.9 Å². The number of benzene rings is 2. The van der Waals surface area contributed by atoms with Gasteiger partial charge in [0.1, 0.15) is 0 Å². The Morgan fingerprint density at radius 2 is 1.17 bits per heavy atom. The van der Waals surface area contributed by atoms with Crippen LogP contribution in [0, 0.1) is 0 Å². The van der Waals surface area contributed by atoms with Crippen molar-refractivity contribution >= 4 is 11.8 Å². The van der Waals surface area contributed by atoms with Crippen LogP contribution in [0.5, 0.6) is 0 Å². The second-order valence-corrected chi connectivity index (χ2v) is 9.96. The van der Waals surface area contributed by atoms with Gasteiger partial charge in [-0.15, -0.1) is 0 Å². The van der Waals surface area contributed by atoms with E-state index in [1.165, 1.54) is 29.4 Å². The molecule has 2 aromatic carbocycles. The number of rotatable bonds is 6. The summed E-state index contributed by atoms with van der Waals surface area (Å²) < 4.78 is 9.21. The van der Waals surface area contributed by atoms with Crippen LogP contribution in [0.2, 0.25) is 0 Å². The van der Waals surface area contributed by atoms with Crippen molar-refractivity contribution in [1.29, 1.82) is 0 Å². The van der Waals surface area contributed by atoms with Gasteiger partial charge >= 0.3 is 5.97 Å². The molecule has 5 heteroatoms. The molecular formula is C31H30N2O3+2. The zero-order chi connectivity index (χ0) is 25.4. The summed E-state index contributed by atoms with van der Waals surface area (Å²) in [5.74, 6) is -0.238. The van der Waals surface area contributed by atoms with Gasteiger partial charge in [0, 0.05) is 45.4 Å². The molecule has 5 nitrogen and oxygen atoms in total. The highest BCUT2D eigenvalue weighted by molar-refractivity contribution is 5.94. The fourth-order valence-corrected chi connectivity index (χ4v) is 5.02. The van der Waals surface area contributed by atoms with Crippen LogP contribution in [0.15, 0.2) is 85.5 Å². The number of carbonyl (C=O) groups excluding carboxylic acids is 2. The second-order valence-electron chi connectivity index (χ2n) is 9.96. The summed E-state index contributed by atoms with van der Waals surface area (Å²) in [4.78, 5) is 23.3. The van der Waals surface area contributed by atoms with Gasteiger partial charge in [-0.05, 0) is 30.2 Å². The summed E-state index contributed by atoms with van der Waals surface area (Å²) in [6.07, 6.45) is 8.75. The molecule has 2 heterocycles. The average molecular weight is 479 g/mol. The molecule has 0 amide bonds. The van der Waals surface area contributed by atoms with Crippen molar-refractivity contribution in [3.8, 4) is 11.1 Å². The molecular weight excluding hydrogens is 448 g/mol. The van der Waals surface area contributed by atoms with Crippen LogP contribution in [0.3, 0.4) is 0 Å². The summed E-state index contributed by atoms with van der Waals surface area (Å²) in [7, 11) is 1.39. The number of hydrogen-bond donors (Lipinski definition) is 0. The molecule has 0 N–H and O–H groups in total. The minimum absolute atomic E-state index is 0.0849. The Hall–Kier alpha value is -4.12. The molecule has 4 aromatic rings. The molecule has 0 radical (unpaired) electrons. The van der Waals surface area contributed by atoms with Gasteiger partial charge in [-0.1, -0.05) is 50.2 Å². The number of aromatic nitrogens is 2. The van der Waals surface area contributed by atoms with E-state index >= 15 is 0 Å². The topological polar surface area (TPSA) is 51.1 Å². The largest absolute Gasteiger partial charge is 0.465 e. The monoisotopic (exact) mass is 478 g/mol. The van der Waals surface area contributed by atoms with E-state index in [-0.39, 0.29) is 17.2 Å². The molecule has 0 saturated carbocycles. The van der Waals surface area contributed by atoms with Crippen LogP contribution in [-0.4, -0.2) is 18.9 Å². The maximum absolute atomic E-state index is 11.7. The van der Waals surface area contributed by atoms with Gasteiger partial charge in [0.15, 0.2) is 43.7 Å². The summed E-state index contributed by atoms with van der Waals surface area (Å²) >= 11 is 0. The van der Waals surface area contributed by atoms with Crippen molar-refractivity contribution in [2.45, 2.75) is 39.3 Å². The summed E-state index contributed by atoms with van der Waals surface area (Å²) in [6, 6.07) is 19.8. The van der Waals surface area contributed by atoms with E-state index in [1.807, 2.05) is 36.4 Å². The zero-order valence-electron chi connectivity index (χ0n) is 21.1. The number of Topliss-reactive ketones (excluding diaryl/α,β-unsaturated/α-hetero) is 1. The molecule has 0 saturated heterocycles. The van der Waals surface area contributed by atoms with E-state index in [4.69, 9.17) is 4.74 Å². The third-order valence-corrected chi connectivity index (χ3v) is 7.14. The first-order chi connectivity index (χ1) is 17.3. The third-order valence-electron chi connectivity index (χ3n) is 7.14. The number of hydrogen-bond acceptors (Lipinski definition) is 3. The minimum Gasteiger partial charge on any atom is -0.465 e. The summed E-state index contributed by atoms with van der Waals surface area (Å²) in [5.41, 5.74) is 8.59. The predicted molar refractivity (Wildman–Crippen MR) is 137 cm³/mol. The molecule has 2 aromatic heterocycles. The summed E-state index contributed by atoms with van der Waals surface area (Å²) in [5, 5.41) is 0. The molecule has 0 spiro atoms. The number of esters is 1. The first-order valence-electron chi connectivity index (χ1n) is 12.1. The van der Waals surface area contributed by atoms with Crippen LogP contribution in [-0.2, 0) is 23.2 Å². The van der Waals surface area contributed by atoms with E-state index in [0.717, 1.165) is 29.8 Å². The lowest BCUT2D eigenvalue weighted by molar-refractivity contribution is -0.689. The van der Waals surface area contributed by atoms with Crippen molar-refractivity contribution in [2.75, 3.05) is 7.11 Å². The smallest absolute Gasteiger partial charge is 0.337 e. The van der Waals surface area contributed by atoms with Gasteiger partial charge in [0.25, 0.3) is 0 Å². The van der Waals surface area contributed by atoms with Crippen molar-refractivity contribution < 1.29 is 23.5 Å².